The fraction of sp³-hybridized carbons (Fsp3) is 0.455. The molecule has 2 amide bonds. The van der Waals surface area contributed by atoms with Crippen molar-refractivity contribution in [1.29, 1.82) is 0 Å². The second-order valence-electron chi connectivity index (χ2n) is 8.01. The lowest BCUT2D eigenvalue weighted by Crippen LogP contribution is -2.47. The number of hydrogen-bond donors (Lipinski definition) is 1. The standard InChI is InChI=1S/C22H27N3O5S/c1-16(26)25-20-9-8-19(31(28,29)24-10-4-2-3-5-11-24)13-17(20)14-21(25)22(27)23-15-18-7-6-12-30-18/h6-9,12-13,21H,2-5,10-11,14-15H2,1H3,(H,23,27). The number of benzene rings is 1. The summed E-state index contributed by atoms with van der Waals surface area (Å²) in [7, 11) is -3.61. The Labute approximate surface area is 182 Å². The van der Waals surface area contributed by atoms with Gasteiger partial charge in [-0.1, -0.05) is 12.8 Å². The first-order valence-corrected chi connectivity index (χ1v) is 12.0. The van der Waals surface area contributed by atoms with E-state index in [2.05, 4.69) is 5.32 Å². The van der Waals surface area contributed by atoms with Gasteiger partial charge >= 0.3 is 0 Å². The van der Waals surface area contributed by atoms with E-state index in [1.54, 1.807) is 28.6 Å². The van der Waals surface area contributed by atoms with Crippen molar-refractivity contribution < 1.29 is 22.4 Å². The van der Waals surface area contributed by atoms with Crippen LogP contribution in [0.4, 0.5) is 5.69 Å². The molecule has 0 spiro atoms. The topological polar surface area (TPSA) is 99.9 Å². The monoisotopic (exact) mass is 445 g/mol. The van der Waals surface area contributed by atoms with Gasteiger partial charge in [-0.15, -0.1) is 0 Å². The largest absolute Gasteiger partial charge is 0.467 e. The third kappa shape index (κ3) is 4.38. The van der Waals surface area contributed by atoms with Crippen molar-refractivity contribution in [2.45, 2.75) is 56.5 Å². The highest BCUT2D eigenvalue weighted by molar-refractivity contribution is 7.89. The van der Waals surface area contributed by atoms with Gasteiger partial charge in [0.1, 0.15) is 11.8 Å². The van der Waals surface area contributed by atoms with Crippen LogP contribution in [-0.4, -0.2) is 43.7 Å². The lowest BCUT2D eigenvalue weighted by Gasteiger charge is -2.23. The molecule has 1 unspecified atom stereocenters. The normalized spacial score (nSPS) is 19.6. The highest BCUT2D eigenvalue weighted by Gasteiger charge is 2.38. The van der Waals surface area contributed by atoms with Crippen LogP contribution in [0.3, 0.4) is 0 Å². The molecule has 1 saturated heterocycles. The molecule has 1 aromatic heterocycles. The van der Waals surface area contributed by atoms with Crippen molar-refractivity contribution >= 4 is 27.5 Å². The Balaban J connectivity index is 1.56. The van der Waals surface area contributed by atoms with Crippen LogP contribution < -0.4 is 10.2 Å². The van der Waals surface area contributed by atoms with Gasteiger partial charge in [0.15, 0.2) is 0 Å². The second-order valence-corrected chi connectivity index (χ2v) is 9.95. The molecule has 1 fully saturated rings. The van der Waals surface area contributed by atoms with Crippen molar-refractivity contribution in [2.75, 3.05) is 18.0 Å². The summed E-state index contributed by atoms with van der Waals surface area (Å²) in [6.07, 6.45) is 5.60. The van der Waals surface area contributed by atoms with E-state index in [-0.39, 0.29) is 29.7 Å². The molecule has 1 aromatic carbocycles. The smallest absolute Gasteiger partial charge is 0.243 e. The van der Waals surface area contributed by atoms with E-state index in [1.165, 1.54) is 24.2 Å². The van der Waals surface area contributed by atoms with Gasteiger partial charge in [0.2, 0.25) is 21.8 Å². The van der Waals surface area contributed by atoms with Crippen LogP contribution in [0.2, 0.25) is 0 Å². The van der Waals surface area contributed by atoms with E-state index in [0.717, 1.165) is 25.7 Å². The first-order valence-electron chi connectivity index (χ1n) is 10.6. The lowest BCUT2D eigenvalue weighted by molar-refractivity contribution is -0.125. The predicted molar refractivity (Wildman–Crippen MR) is 115 cm³/mol. The number of nitrogens with one attached hydrogen (secondary N) is 1. The quantitative estimate of drug-likeness (QED) is 0.762. The highest BCUT2D eigenvalue weighted by atomic mass is 32.2. The maximum absolute atomic E-state index is 13.2. The van der Waals surface area contributed by atoms with Crippen molar-refractivity contribution in [2.24, 2.45) is 0 Å². The summed E-state index contributed by atoms with van der Waals surface area (Å²) in [6, 6.07) is 7.57. The fourth-order valence-corrected chi connectivity index (χ4v) is 5.89. The molecule has 166 valence electrons. The summed E-state index contributed by atoms with van der Waals surface area (Å²) in [5.41, 5.74) is 1.27. The van der Waals surface area contributed by atoms with Crippen LogP contribution in [0.15, 0.2) is 45.9 Å². The minimum absolute atomic E-state index is 0.216. The molecule has 8 nitrogen and oxygen atoms in total. The fourth-order valence-electron chi connectivity index (χ4n) is 4.32. The summed E-state index contributed by atoms with van der Waals surface area (Å²) < 4.78 is 33.1. The van der Waals surface area contributed by atoms with Crippen molar-refractivity contribution in [3.63, 3.8) is 0 Å². The predicted octanol–water partition coefficient (Wildman–Crippen LogP) is 2.44. The number of carbonyl (C=O) groups excluding carboxylic acids is 2. The van der Waals surface area contributed by atoms with E-state index in [1.807, 2.05) is 0 Å². The maximum atomic E-state index is 13.2. The number of hydrogen-bond acceptors (Lipinski definition) is 5. The summed E-state index contributed by atoms with van der Waals surface area (Å²) in [5, 5.41) is 2.80. The zero-order valence-corrected chi connectivity index (χ0v) is 18.4. The zero-order valence-electron chi connectivity index (χ0n) is 17.5. The molecule has 2 aromatic rings. The molecule has 0 aliphatic carbocycles. The summed E-state index contributed by atoms with van der Waals surface area (Å²) in [4.78, 5) is 26.8. The molecule has 0 radical (unpaired) electrons. The van der Waals surface area contributed by atoms with Crippen LogP contribution in [0, 0.1) is 0 Å². The van der Waals surface area contributed by atoms with Crippen LogP contribution in [0.1, 0.15) is 43.9 Å². The minimum Gasteiger partial charge on any atom is -0.467 e. The molecule has 31 heavy (non-hydrogen) atoms. The second kappa shape index (κ2) is 8.84. The number of furan rings is 1. The van der Waals surface area contributed by atoms with Gasteiger partial charge in [-0.05, 0) is 48.7 Å². The molecule has 3 heterocycles. The van der Waals surface area contributed by atoms with Crippen LogP contribution in [0.5, 0.6) is 0 Å². The SMILES string of the molecule is CC(=O)N1c2ccc(S(=O)(=O)N3CCCCCC3)cc2CC1C(=O)NCc1ccco1. The zero-order chi connectivity index (χ0) is 22.0. The van der Waals surface area contributed by atoms with Crippen LogP contribution in [0.25, 0.3) is 0 Å². The van der Waals surface area contributed by atoms with E-state index in [4.69, 9.17) is 4.42 Å². The summed E-state index contributed by atoms with van der Waals surface area (Å²) in [5.74, 6) is 0.0452. The summed E-state index contributed by atoms with van der Waals surface area (Å²) >= 11 is 0. The number of anilines is 1. The molecule has 0 saturated carbocycles. The molecule has 2 aliphatic heterocycles. The van der Waals surface area contributed by atoms with Crippen molar-refractivity contribution in [3.8, 4) is 0 Å². The minimum atomic E-state index is -3.61. The molecule has 9 heteroatoms. The average Bonchev–Trinajstić information content (AvgIpc) is 3.31. The number of amides is 2. The van der Waals surface area contributed by atoms with Crippen LogP contribution in [-0.2, 0) is 32.6 Å². The molecule has 2 aliphatic rings. The highest BCUT2D eigenvalue weighted by Crippen LogP contribution is 2.35. The molecule has 1 atom stereocenters. The van der Waals surface area contributed by atoms with Gasteiger partial charge in [0.25, 0.3) is 0 Å². The Bertz CT molecular complexity index is 1060. The number of fused-ring (bicyclic) bond motifs is 1. The molecule has 1 N–H and O–H groups in total. The van der Waals surface area contributed by atoms with Gasteiger partial charge < -0.3 is 9.73 Å². The first-order chi connectivity index (χ1) is 14.9. The Morgan fingerprint density at radius 1 is 1.13 bits per heavy atom. The molecular weight excluding hydrogens is 418 g/mol. The summed E-state index contributed by atoms with van der Waals surface area (Å²) in [6.45, 7) is 2.68. The van der Waals surface area contributed by atoms with E-state index >= 15 is 0 Å². The Morgan fingerprint density at radius 2 is 1.87 bits per heavy atom. The van der Waals surface area contributed by atoms with E-state index in [9.17, 15) is 18.0 Å². The van der Waals surface area contributed by atoms with Crippen molar-refractivity contribution in [1.82, 2.24) is 9.62 Å². The number of rotatable bonds is 5. The van der Waals surface area contributed by atoms with Gasteiger partial charge in [-0.25, -0.2) is 8.42 Å². The van der Waals surface area contributed by atoms with Crippen LogP contribution >= 0.6 is 0 Å². The number of nitrogens with zero attached hydrogens (tertiary/aromatic N) is 2. The average molecular weight is 446 g/mol. The lowest BCUT2D eigenvalue weighted by atomic mass is 10.1. The van der Waals surface area contributed by atoms with E-state index < -0.39 is 16.1 Å². The first kappa shape index (κ1) is 21.6. The molecule has 0 bridgehead atoms. The molecule has 4 rings (SSSR count). The maximum Gasteiger partial charge on any atom is 0.243 e. The van der Waals surface area contributed by atoms with Crippen molar-refractivity contribution in [3.05, 3.63) is 47.9 Å². The Hall–Kier alpha value is -2.65. The third-order valence-corrected chi connectivity index (χ3v) is 7.79. The number of sulfonamides is 1. The number of carbonyl (C=O) groups is 2. The third-order valence-electron chi connectivity index (χ3n) is 5.90. The van der Waals surface area contributed by atoms with E-state index in [0.29, 0.717) is 30.1 Å². The van der Waals surface area contributed by atoms with Gasteiger partial charge in [0.05, 0.1) is 17.7 Å². The molecular formula is C22H27N3O5S. The Morgan fingerprint density at radius 3 is 2.52 bits per heavy atom. The Kier molecular flexibility index (Phi) is 6.15. The van der Waals surface area contributed by atoms with Gasteiger partial charge in [-0.2, -0.15) is 4.31 Å². The van der Waals surface area contributed by atoms with Gasteiger partial charge in [0, 0.05) is 32.1 Å². The van der Waals surface area contributed by atoms with Gasteiger partial charge in [-0.3, -0.25) is 14.5 Å².